The van der Waals surface area contributed by atoms with Crippen LogP contribution in [0.25, 0.3) is 22.4 Å². The maximum absolute atomic E-state index is 12.5. The zero-order valence-corrected chi connectivity index (χ0v) is 16.6. The van der Waals surface area contributed by atoms with Gasteiger partial charge in [0, 0.05) is 11.1 Å². The first-order chi connectivity index (χ1) is 14.7. The summed E-state index contributed by atoms with van der Waals surface area (Å²) >= 11 is 0. The van der Waals surface area contributed by atoms with E-state index >= 15 is 0 Å². The molecule has 0 unspecified atom stereocenters. The molecule has 2 N–H and O–H groups in total. The van der Waals surface area contributed by atoms with Gasteiger partial charge in [-0.15, -0.1) is 0 Å². The van der Waals surface area contributed by atoms with Gasteiger partial charge in [-0.2, -0.15) is 5.10 Å². The minimum absolute atomic E-state index is 0.289. The van der Waals surface area contributed by atoms with Gasteiger partial charge in [0.1, 0.15) is 11.6 Å². The number of nitrogens with one attached hydrogen (secondary N) is 2. The number of amides is 1. The minimum Gasteiger partial charge on any atom is -0.494 e. The van der Waals surface area contributed by atoms with E-state index in [0.717, 1.165) is 40.2 Å². The van der Waals surface area contributed by atoms with Crippen molar-refractivity contribution in [2.75, 3.05) is 6.61 Å². The van der Waals surface area contributed by atoms with E-state index in [1.54, 1.807) is 18.3 Å². The largest absolute Gasteiger partial charge is 0.494 e. The van der Waals surface area contributed by atoms with Crippen LogP contribution in [0.4, 0.5) is 0 Å². The molecule has 1 aromatic heterocycles. The molecule has 0 radical (unpaired) electrons. The third-order valence-electron chi connectivity index (χ3n) is 4.50. The van der Waals surface area contributed by atoms with Crippen molar-refractivity contribution in [3.8, 4) is 17.1 Å². The number of benzene rings is 3. The van der Waals surface area contributed by atoms with Crippen LogP contribution < -0.4 is 10.2 Å². The number of imidazole rings is 1. The number of hydrazone groups is 1. The van der Waals surface area contributed by atoms with E-state index in [0.29, 0.717) is 12.2 Å². The molecule has 4 aromatic rings. The average Bonchev–Trinajstić information content (AvgIpc) is 3.22. The van der Waals surface area contributed by atoms with Crippen LogP contribution in [-0.2, 0) is 0 Å². The predicted octanol–water partition coefficient (Wildman–Crippen LogP) is 4.78. The van der Waals surface area contributed by atoms with E-state index in [-0.39, 0.29) is 5.91 Å². The van der Waals surface area contributed by atoms with Gasteiger partial charge in [0.25, 0.3) is 5.91 Å². The molecule has 0 saturated carbocycles. The fraction of sp³-hybridized carbons (Fsp3) is 0.125. The number of nitrogens with zero attached hydrogens (tertiary/aromatic N) is 2. The lowest BCUT2D eigenvalue weighted by Gasteiger charge is -2.04. The van der Waals surface area contributed by atoms with Gasteiger partial charge in [0.15, 0.2) is 0 Å². The number of carbonyl (C=O) groups is 1. The Morgan fingerprint density at radius 1 is 1.10 bits per heavy atom. The molecule has 0 aliphatic heterocycles. The zero-order valence-electron chi connectivity index (χ0n) is 16.6. The van der Waals surface area contributed by atoms with Crippen molar-refractivity contribution >= 4 is 23.2 Å². The third kappa shape index (κ3) is 4.55. The summed E-state index contributed by atoms with van der Waals surface area (Å²) in [6, 6.07) is 22.8. The van der Waals surface area contributed by atoms with Gasteiger partial charge in [0.2, 0.25) is 0 Å². The quantitative estimate of drug-likeness (QED) is 0.347. The molecular weight excluding hydrogens is 376 g/mol. The summed E-state index contributed by atoms with van der Waals surface area (Å²) in [5.74, 6) is 1.26. The lowest BCUT2D eigenvalue weighted by atomic mass is 10.2. The summed E-state index contributed by atoms with van der Waals surface area (Å²) < 4.78 is 5.61. The van der Waals surface area contributed by atoms with Gasteiger partial charge in [0.05, 0.1) is 23.9 Å². The Labute approximate surface area is 174 Å². The van der Waals surface area contributed by atoms with Crippen LogP contribution in [0.15, 0.2) is 77.9 Å². The van der Waals surface area contributed by atoms with Gasteiger partial charge in [-0.3, -0.25) is 4.79 Å². The number of rotatable bonds is 7. The van der Waals surface area contributed by atoms with E-state index in [2.05, 4.69) is 27.4 Å². The number of fused-ring (bicyclic) bond motifs is 1. The van der Waals surface area contributed by atoms with Gasteiger partial charge >= 0.3 is 0 Å². The lowest BCUT2D eigenvalue weighted by Crippen LogP contribution is -2.17. The molecule has 0 aliphatic rings. The Morgan fingerprint density at radius 2 is 1.97 bits per heavy atom. The second-order valence-electron chi connectivity index (χ2n) is 6.80. The third-order valence-corrected chi connectivity index (χ3v) is 4.50. The van der Waals surface area contributed by atoms with Crippen molar-refractivity contribution in [1.82, 2.24) is 15.4 Å². The molecule has 1 amide bonds. The van der Waals surface area contributed by atoms with E-state index in [9.17, 15) is 4.79 Å². The van der Waals surface area contributed by atoms with Gasteiger partial charge < -0.3 is 9.72 Å². The first kappa shape index (κ1) is 19.4. The molecule has 0 atom stereocenters. The molecule has 4 rings (SSSR count). The molecule has 6 nitrogen and oxygen atoms in total. The number of hydrogen-bond acceptors (Lipinski definition) is 4. The van der Waals surface area contributed by atoms with Crippen LogP contribution in [0.2, 0.25) is 0 Å². The fourth-order valence-electron chi connectivity index (χ4n) is 3.02. The Balaban J connectivity index is 1.45. The molecule has 0 bridgehead atoms. The Morgan fingerprint density at radius 3 is 2.80 bits per heavy atom. The van der Waals surface area contributed by atoms with E-state index in [1.165, 1.54) is 0 Å². The van der Waals surface area contributed by atoms with Gasteiger partial charge in [-0.25, -0.2) is 10.4 Å². The van der Waals surface area contributed by atoms with Gasteiger partial charge in [-0.1, -0.05) is 49.4 Å². The SMILES string of the molecule is CCCOc1cccc(/C=N/NC(=O)c2ccc3nc(-c4ccccc4)[nH]c3c2)c1. The van der Waals surface area contributed by atoms with E-state index in [4.69, 9.17) is 4.74 Å². The Kier molecular flexibility index (Phi) is 5.85. The number of H-pyrrole nitrogens is 1. The van der Waals surface area contributed by atoms with Crippen molar-refractivity contribution in [2.24, 2.45) is 5.10 Å². The Bertz CT molecular complexity index is 1180. The summed E-state index contributed by atoms with van der Waals surface area (Å²) in [6.45, 7) is 2.73. The number of ether oxygens (including phenoxy) is 1. The number of carbonyl (C=O) groups excluding carboxylic acids is 1. The first-order valence-electron chi connectivity index (χ1n) is 9.84. The van der Waals surface area contributed by atoms with Crippen molar-refractivity contribution in [3.05, 3.63) is 83.9 Å². The van der Waals surface area contributed by atoms with Crippen molar-refractivity contribution < 1.29 is 9.53 Å². The monoisotopic (exact) mass is 398 g/mol. The van der Waals surface area contributed by atoms with E-state index < -0.39 is 0 Å². The maximum Gasteiger partial charge on any atom is 0.271 e. The number of aromatic amines is 1. The average molecular weight is 398 g/mol. The fourth-order valence-corrected chi connectivity index (χ4v) is 3.02. The van der Waals surface area contributed by atoms with Crippen LogP contribution in [-0.4, -0.2) is 28.7 Å². The second-order valence-corrected chi connectivity index (χ2v) is 6.80. The van der Waals surface area contributed by atoms with Crippen LogP contribution in [0.3, 0.4) is 0 Å². The molecule has 3 aromatic carbocycles. The second kappa shape index (κ2) is 9.05. The highest BCUT2D eigenvalue weighted by Gasteiger charge is 2.09. The summed E-state index contributed by atoms with van der Waals surface area (Å²) in [5, 5.41) is 4.07. The van der Waals surface area contributed by atoms with E-state index in [1.807, 2.05) is 60.7 Å². The number of hydrogen-bond donors (Lipinski definition) is 2. The van der Waals surface area contributed by atoms with Crippen LogP contribution in [0.5, 0.6) is 5.75 Å². The normalized spacial score (nSPS) is 11.1. The summed E-state index contributed by atoms with van der Waals surface area (Å²) in [4.78, 5) is 20.3. The zero-order chi connectivity index (χ0) is 20.8. The smallest absolute Gasteiger partial charge is 0.271 e. The lowest BCUT2D eigenvalue weighted by molar-refractivity contribution is 0.0955. The standard InChI is InChI=1S/C24H22N4O2/c1-2-13-30-20-10-6-7-17(14-20)16-25-28-24(29)19-11-12-21-22(15-19)27-23(26-21)18-8-4-3-5-9-18/h3-12,14-16H,2,13H2,1H3,(H,26,27)(H,28,29)/b25-16+. The topological polar surface area (TPSA) is 79.4 Å². The summed E-state index contributed by atoms with van der Waals surface area (Å²) in [5.41, 5.74) is 6.51. The minimum atomic E-state index is -0.289. The molecule has 0 aliphatic carbocycles. The number of aromatic nitrogens is 2. The highest BCUT2D eigenvalue weighted by Crippen LogP contribution is 2.21. The van der Waals surface area contributed by atoms with Gasteiger partial charge in [-0.05, 0) is 42.3 Å². The predicted molar refractivity (Wildman–Crippen MR) is 119 cm³/mol. The van der Waals surface area contributed by atoms with Crippen LogP contribution in [0, 0.1) is 0 Å². The highest BCUT2D eigenvalue weighted by atomic mass is 16.5. The van der Waals surface area contributed by atoms with Crippen LogP contribution >= 0.6 is 0 Å². The molecule has 1 heterocycles. The molecule has 0 spiro atoms. The van der Waals surface area contributed by atoms with Crippen LogP contribution in [0.1, 0.15) is 29.3 Å². The molecule has 30 heavy (non-hydrogen) atoms. The molecule has 6 heteroatoms. The Hall–Kier alpha value is -3.93. The van der Waals surface area contributed by atoms with Crippen molar-refractivity contribution in [3.63, 3.8) is 0 Å². The molecule has 0 fully saturated rings. The molecule has 150 valence electrons. The van der Waals surface area contributed by atoms with Crippen molar-refractivity contribution in [2.45, 2.75) is 13.3 Å². The van der Waals surface area contributed by atoms with Crippen molar-refractivity contribution in [1.29, 1.82) is 0 Å². The molecular formula is C24H22N4O2. The highest BCUT2D eigenvalue weighted by molar-refractivity contribution is 5.98. The maximum atomic E-state index is 12.5. The first-order valence-corrected chi connectivity index (χ1v) is 9.84. The molecule has 0 saturated heterocycles. The summed E-state index contributed by atoms with van der Waals surface area (Å²) in [6.07, 6.45) is 2.54. The summed E-state index contributed by atoms with van der Waals surface area (Å²) in [7, 11) is 0.